The maximum Gasteiger partial charge on any atom is 0.241 e. The van der Waals surface area contributed by atoms with E-state index in [4.69, 9.17) is 0 Å². The lowest BCUT2D eigenvalue weighted by molar-refractivity contribution is -0.120. The van der Waals surface area contributed by atoms with Gasteiger partial charge in [-0.25, -0.2) is 0 Å². The van der Waals surface area contributed by atoms with Crippen molar-refractivity contribution in [2.75, 3.05) is 29.9 Å². The predicted molar refractivity (Wildman–Crippen MR) is 84.1 cm³/mol. The Bertz CT molecular complexity index is 473. The highest BCUT2D eigenvalue weighted by Gasteiger charge is 2.23. The van der Waals surface area contributed by atoms with E-state index in [0.717, 1.165) is 41.4 Å². The number of benzene rings is 1. The Morgan fingerprint density at radius 3 is 2.80 bits per heavy atom. The summed E-state index contributed by atoms with van der Waals surface area (Å²) in [5.74, 6) is 2.21. The number of amides is 1. The molecule has 20 heavy (non-hydrogen) atoms. The minimum absolute atomic E-state index is 0.0119. The molecule has 0 aromatic heterocycles. The Labute approximate surface area is 124 Å². The molecule has 1 heterocycles. The predicted octanol–water partition coefficient (Wildman–Crippen LogP) is 1.86. The van der Waals surface area contributed by atoms with Crippen LogP contribution in [0.25, 0.3) is 0 Å². The molecule has 0 bridgehead atoms. The minimum Gasteiger partial charge on any atom is -0.392 e. The third-order valence-corrected chi connectivity index (χ3v) is 4.66. The van der Waals surface area contributed by atoms with Gasteiger partial charge in [-0.3, -0.25) is 9.69 Å². The van der Waals surface area contributed by atoms with Gasteiger partial charge in [0.2, 0.25) is 5.91 Å². The molecular formula is C15H22N2O2S. The lowest BCUT2D eigenvalue weighted by Crippen LogP contribution is -2.46. The van der Waals surface area contributed by atoms with Crippen LogP contribution < -0.4 is 5.32 Å². The van der Waals surface area contributed by atoms with Crippen molar-refractivity contribution in [3.05, 3.63) is 29.3 Å². The number of carbonyl (C=O) groups excluding carboxylic acids is 1. The molecule has 0 spiro atoms. The van der Waals surface area contributed by atoms with Gasteiger partial charge in [-0.2, -0.15) is 11.8 Å². The van der Waals surface area contributed by atoms with Crippen LogP contribution >= 0.6 is 11.8 Å². The average Bonchev–Trinajstić information content (AvgIpc) is 2.49. The molecule has 1 aliphatic heterocycles. The van der Waals surface area contributed by atoms with E-state index in [1.807, 2.05) is 43.8 Å². The summed E-state index contributed by atoms with van der Waals surface area (Å²) in [5.41, 5.74) is 2.62. The summed E-state index contributed by atoms with van der Waals surface area (Å²) in [6.07, 6.45) is 0. The first-order chi connectivity index (χ1) is 9.61. The Morgan fingerprint density at radius 2 is 2.15 bits per heavy atom. The molecule has 2 rings (SSSR count). The molecule has 1 aromatic rings. The molecule has 1 saturated heterocycles. The van der Waals surface area contributed by atoms with E-state index >= 15 is 0 Å². The SMILES string of the molecule is Cc1ccc(CO)cc1NC(=O)C(C)N1CCSCC1. The van der Waals surface area contributed by atoms with Crippen LogP contribution in [-0.2, 0) is 11.4 Å². The second kappa shape index (κ2) is 7.11. The summed E-state index contributed by atoms with van der Waals surface area (Å²) in [5, 5.41) is 12.2. The van der Waals surface area contributed by atoms with Crippen LogP contribution in [0.2, 0.25) is 0 Å². The summed E-state index contributed by atoms with van der Waals surface area (Å²) >= 11 is 1.94. The van der Waals surface area contributed by atoms with Gasteiger partial charge in [0.25, 0.3) is 0 Å². The number of hydrogen-bond acceptors (Lipinski definition) is 4. The topological polar surface area (TPSA) is 52.6 Å². The highest BCUT2D eigenvalue weighted by atomic mass is 32.2. The summed E-state index contributed by atoms with van der Waals surface area (Å²) in [7, 11) is 0. The van der Waals surface area contributed by atoms with Gasteiger partial charge in [0.05, 0.1) is 12.6 Å². The van der Waals surface area contributed by atoms with Crippen molar-refractivity contribution in [2.24, 2.45) is 0 Å². The molecule has 5 heteroatoms. The number of nitrogens with one attached hydrogen (secondary N) is 1. The fourth-order valence-electron chi connectivity index (χ4n) is 2.27. The van der Waals surface area contributed by atoms with Crippen molar-refractivity contribution in [3.63, 3.8) is 0 Å². The van der Waals surface area contributed by atoms with Crippen LogP contribution in [0.15, 0.2) is 18.2 Å². The lowest BCUT2D eigenvalue weighted by atomic mass is 10.1. The van der Waals surface area contributed by atoms with E-state index in [9.17, 15) is 9.90 Å². The van der Waals surface area contributed by atoms with E-state index in [-0.39, 0.29) is 18.6 Å². The van der Waals surface area contributed by atoms with E-state index < -0.39 is 0 Å². The highest BCUT2D eigenvalue weighted by molar-refractivity contribution is 7.99. The Morgan fingerprint density at radius 1 is 1.45 bits per heavy atom. The van der Waals surface area contributed by atoms with E-state index in [1.54, 1.807) is 0 Å². The molecule has 1 aliphatic rings. The Hall–Kier alpha value is -1.04. The van der Waals surface area contributed by atoms with Crippen LogP contribution in [0.4, 0.5) is 5.69 Å². The van der Waals surface area contributed by atoms with Crippen LogP contribution in [0.1, 0.15) is 18.1 Å². The molecule has 1 aromatic carbocycles. The smallest absolute Gasteiger partial charge is 0.241 e. The number of carbonyl (C=O) groups is 1. The summed E-state index contributed by atoms with van der Waals surface area (Å²) < 4.78 is 0. The van der Waals surface area contributed by atoms with Crippen molar-refractivity contribution in [1.29, 1.82) is 0 Å². The van der Waals surface area contributed by atoms with Crippen molar-refractivity contribution >= 4 is 23.4 Å². The van der Waals surface area contributed by atoms with Gasteiger partial charge in [0, 0.05) is 30.3 Å². The molecule has 0 saturated carbocycles. The normalized spacial score (nSPS) is 17.8. The molecule has 1 unspecified atom stereocenters. The first-order valence-electron chi connectivity index (χ1n) is 6.95. The number of aryl methyl sites for hydroxylation is 1. The first kappa shape index (κ1) is 15.4. The second-order valence-corrected chi connectivity index (χ2v) is 6.35. The third kappa shape index (κ3) is 3.75. The average molecular weight is 294 g/mol. The van der Waals surface area contributed by atoms with Gasteiger partial charge in [-0.1, -0.05) is 12.1 Å². The van der Waals surface area contributed by atoms with E-state index in [0.29, 0.717) is 0 Å². The van der Waals surface area contributed by atoms with Gasteiger partial charge in [0.1, 0.15) is 0 Å². The summed E-state index contributed by atoms with van der Waals surface area (Å²) in [4.78, 5) is 14.6. The van der Waals surface area contributed by atoms with E-state index in [2.05, 4.69) is 10.2 Å². The summed E-state index contributed by atoms with van der Waals surface area (Å²) in [6, 6.07) is 5.51. The maximum atomic E-state index is 12.3. The number of aliphatic hydroxyl groups excluding tert-OH is 1. The van der Waals surface area contributed by atoms with Crippen molar-refractivity contribution < 1.29 is 9.90 Å². The van der Waals surface area contributed by atoms with Gasteiger partial charge < -0.3 is 10.4 Å². The van der Waals surface area contributed by atoms with Gasteiger partial charge in [-0.15, -0.1) is 0 Å². The molecule has 4 nitrogen and oxygen atoms in total. The quantitative estimate of drug-likeness (QED) is 0.890. The molecule has 0 aliphatic carbocycles. The number of nitrogens with zero attached hydrogens (tertiary/aromatic N) is 1. The molecule has 0 radical (unpaired) electrons. The zero-order chi connectivity index (χ0) is 14.5. The molecule has 1 atom stereocenters. The monoisotopic (exact) mass is 294 g/mol. The second-order valence-electron chi connectivity index (χ2n) is 5.12. The van der Waals surface area contributed by atoms with Crippen LogP contribution in [0, 0.1) is 6.92 Å². The van der Waals surface area contributed by atoms with Crippen molar-refractivity contribution in [2.45, 2.75) is 26.5 Å². The standard InChI is InChI=1S/C15H22N2O2S/c1-11-3-4-13(10-18)9-14(11)16-15(19)12(2)17-5-7-20-8-6-17/h3-4,9,12,18H,5-8,10H2,1-2H3,(H,16,19). The molecule has 1 fully saturated rings. The van der Waals surface area contributed by atoms with Crippen LogP contribution in [0.5, 0.6) is 0 Å². The lowest BCUT2D eigenvalue weighted by Gasteiger charge is -2.31. The van der Waals surface area contributed by atoms with Crippen molar-refractivity contribution in [3.8, 4) is 0 Å². The number of hydrogen-bond donors (Lipinski definition) is 2. The first-order valence-corrected chi connectivity index (χ1v) is 8.10. The fourth-order valence-corrected chi connectivity index (χ4v) is 3.20. The Kier molecular flexibility index (Phi) is 5.46. The Balaban J connectivity index is 2.03. The minimum atomic E-state index is -0.118. The van der Waals surface area contributed by atoms with Crippen LogP contribution in [-0.4, -0.2) is 46.6 Å². The number of rotatable bonds is 4. The van der Waals surface area contributed by atoms with Crippen LogP contribution in [0.3, 0.4) is 0 Å². The molecule has 1 amide bonds. The zero-order valence-electron chi connectivity index (χ0n) is 12.1. The molecular weight excluding hydrogens is 272 g/mol. The van der Waals surface area contributed by atoms with Gasteiger partial charge in [-0.05, 0) is 31.0 Å². The number of thioether (sulfide) groups is 1. The number of aliphatic hydroxyl groups is 1. The third-order valence-electron chi connectivity index (χ3n) is 3.72. The zero-order valence-corrected chi connectivity index (χ0v) is 12.9. The number of anilines is 1. The maximum absolute atomic E-state index is 12.3. The van der Waals surface area contributed by atoms with Gasteiger partial charge in [0.15, 0.2) is 0 Å². The van der Waals surface area contributed by atoms with Crippen molar-refractivity contribution in [1.82, 2.24) is 4.90 Å². The largest absolute Gasteiger partial charge is 0.392 e. The molecule has 110 valence electrons. The molecule has 2 N–H and O–H groups in total. The van der Waals surface area contributed by atoms with E-state index in [1.165, 1.54) is 0 Å². The van der Waals surface area contributed by atoms with Gasteiger partial charge >= 0.3 is 0 Å². The summed E-state index contributed by atoms with van der Waals surface area (Å²) in [6.45, 7) is 5.83. The fraction of sp³-hybridized carbons (Fsp3) is 0.533. The highest BCUT2D eigenvalue weighted by Crippen LogP contribution is 2.19.